The first kappa shape index (κ1) is 21.0. The molecule has 0 N–H and O–H groups in total. The summed E-state index contributed by atoms with van der Waals surface area (Å²) in [6.07, 6.45) is 1.60. The number of non-ortho nitro benzene ring substituents is 1. The van der Waals surface area contributed by atoms with Crippen LogP contribution in [-0.4, -0.2) is 9.91 Å². The van der Waals surface area contributed by atoms with E-state index in [1.54, 1.807) is 18.2 Å². The van der Waals surface area contributed by atoms with Crippen molar-refractivity contribution in [3.63, 3.8) is 0 Å². The third kappa shape index (κ3) is 4.59. The van der Waals surface area contributed by atoms with Crippen molar-refractivity contribution in [2.24, 2.45) is 0 Å². The molecule has 0 spiro atoms. The highest BCUT2D eigenvalue weighted by molar-refractivity contribution is 9.10. The average Bonchev–Trinajstić information content (AvgIpc) is 3.42. The molecule has 0 radical (unpaired) electrons. The molecule has 0 bridgehead atoms. The van der Waals surface area contributed by atoms with E-state index in [0.717, 1.165) is 15.7 Å². The Morgan fingerprint density at radius 2 is 2.00 bits per heavy atom. The van der Waals surface area contributed by atoms with Crippen LogP contribution in [-0.2, 0) is 0 Å². The lowest BCUT2D eigenvalue weighted by Gasteiger charge is -2.00. The third-order valence-electron chi connectivity index (χ3n) is 4.34. The van der Waals surface area contributed by atoms with E-state index in [4.69, 9.17) is 16.0 Å². The van der Waals surface area contributed by atoms with Crippen LogP contribution in [0.3, 0.4) is 0 Å². The number of benzene rings is 2. The molecule has 2 heterocycles. The molecule has 2 aromatic heterocycles. The number of nitro groups is 1. The number of halogens is 2. The summed E-state index contributed by atoms with van der Waals surface area (Å²) in [4.78, 5) is 14.9. The third-order valence-corrected chi connectivity index (χ3v) is 6.05. The summed E-state index contributed by atoms with van der Waals surface area (Å²) in [6, 6.07) is 17.5. The molecule has 4 aromatic rings. The second-order valence-corrected chi connectivity index (χ2v) is 8.52. The normalized spacial score (nSPS) is 11.3. The van der Waals surface area contributed by atoms with Crippen LogP contribution in [0.2, 0.25) is 5.02 Å². The zero-order chi connectivity index (χ0) is 22.0. The quantitative estimate of drug-likeness (QED) is 0.157. The molecule has 4 rings (SSSR count). The van der Waals surface area contributed by atoms with E-state index < -0.39 is 4.92 Å². The van der Waals surface area contributed by atoms with Gasteiger partial charge in [-0.05, 0) is 30.3 Å². The summed E-state index contributed by atoms with van der Waals surface area (Å²) in [7, 11) is 0. The Balaban J connectivity index is 1.62. The second kappa shape index (κ2) is 8.86. The van der Waals surface area contributed by atoms with Gasteiger partial charge in [-0.1, -0.05) is 39.7 Å². The predicted molar refractivity (Wildman–Crippen MR) is 125 cm³/mol. The summed E-state index contributed by atoms with van der Waals surface area (Å²) in [6.45, 7) is 0. The van der Waals surface area contributed by atoms with Crippen molar-refractivity contribution >= 4 is 56.2 Å². The molecule has 0 aliphatic heterocycles. The summed E-state index contributed by atoms with van der Waals surface area (Å²) >= 11 is 11.0. The Labute approximate surface area is 194 Å². The molecule has 0 aliphatic carbocycles. The van der Waals surface area contributed by atoms with E-state index >= 15 is 0 Å². The number of aromatic nitrogens is 1. The minimum absolute atomic E-state index is 0.0995. The molecular formula is C22H11BrClN3O3S. The number of allylic oxidation sites excluding steroid dienone is 1. The highest BCUT2D eigenvalue weighted by Crippen LogP contribution is 2.33. The van der Waals surface area contributed by atoms with Gasteiger partial charge >= 0.3 is 0 Å². The van der Waals surface area contributed by atoms with Crippen LogP contribution in [0.5, 0.6) is 0 Å². The lowest BCUT2D eigenvalue weighted by atomic mass is 10.1. The molecule has 31 heavy (non-hydrogen) atoms. The van der Waals surface area contributed by atoms with Gasteiger partial charge in [0.2, 0.25) is 0 Å². The second-order valence-electron chi connectivity index (χ2n) is 6.34. The van der Waals surface area contributed by atoms with Crippen LogP contribution in [0.4, 0.5) is 5.69 Å². The maximum Gasteiger partial charge on any atom is 0.270 e. The van der Waals surface area contributed by atoms with Crippen molar-refractivity contribution in [1.82, 2.24) is 4.98 Å². The standard InChI is InChI=1S/C22H11BrClN3O3S/c23-15-3-1-13(2-4-15)20-12-31-22(26-20)14(11-25)9-17-6-8-21(30-17)18-7-5-16(27(28)29)10-19(18)24/h1-10,12H. The number of hydrogen-bond acceptors (Lipinski definition) is 6. The molecule has 0 saturated carbocycles. The molecule has 0 fully saturated rings. The van der Waals surface area contributed by atoms with Crippen molar-refractivity contribution in [2.75, 3.05) is 0 Å². The van der Waals surface area contributed by atoms with E-state index in [-0.39, 0.29) is 10.7 Å². The first-order valence-electron chi connectivity index (χ1n) is 8.82. The molecule has 0 saturated heterocycles. The number of nitriles is 1. The van der Waals surface area contributed by atoms with Crippen molar-refractivity contribution in [3.8, 4) is 28.7 Å². The maximum atomic E-state index is 10.9. The molecule has 0 aliphatic rings. The average molecular weight is 513 g/mol. The Morgan fingerprint density at radius 3 is 2.68 bits per heavy atom. The van der Waals surface area contributed by atoms with Crippen molar-refractivity contribution in [3.05, 3.63) is 90.4 Å². The fourth-order valence-electron chi connectivity index (χ4n) is 2.83. The zero-order valence-corrected chi connectivity index (χ0v) is 18.7. The Hall–Kier alpha value is -3.25. The van der Waals surface area contributed by atoms with Crippen LogP contribution in [0.15, 0.2) is 68.9 Å². The number of nitro benzene ring substituents is 1. The SMILES string of the molecule is N#CC(=Cc1ccc(-c2ccc([N+](=O)[O-])cc2Cl)o1)c1nc(-c2ccc(Br)cc2)cs1. The fourth-order valence-corrected chi connectivity index (χ4v) is 4.15. The van der Waals surface area contributed by atoms with Crippen LogP contribution < -0.4 is 0 Å². The van der Waals surface area contributed by atoms with Gasteiger partial charge in [0, 0.05) is 39.2 Å². The van der Waals surface area contributed by atoms with Gasteiger partial charge in [0.1, 0.15) is 22.6 Å². The van der Waals surface area contributed by atoms with Gasteiger partial charge < -0.3 is 4.42 Å². The highest BCUT2D eigenvalue weighted by atomic mass is 79.9. The minimum atomic E-state index is -0.512. The molecule has 9 heteroatoms. The highest BCUT2D eigenvalue weighted by Gasteiger charge is 2.14. The van der Waals surface area contributed by atoms with Crippen LogP contribution in [0.1, 0.15) is 10.8 Å². The minimum Gasteiger partial charge on any atom is -0.457 e. The first-order chi connectivity index (χ1) is 14.9. The predicted octanol–water partition coefficient (Wildman–Crippen LogP) is 7.46. The Bertz CT molecular complexity index is 1350. The monoisotopic (exact) mass is 511 g/mol. The Kier molecular flexibility index (Phi) is 6.00. The first-order valence-corrected chi connectivity index (χ1v) is 10.9. The molecule has 0 unspecified atom stereocenters. The van der Waals surface area contributed by atoms with Gasteiger partial charge in [-0.2, -0.15) is 5.26 Å². The summed E-state index contributed by atoms with van der Waals surface area (Å²) in [5.41, 5.74) is 2.53. The van der Waals surface area contributed by atoms with Gasteiger partial charge in [0.05, 0.1) is 21.2 Å². The molecular weight excluding hydrogens is 502 g/mol. The summed E-state index contributed by atoms with van der Waals surface area (Å²) in [5, 5.41) is 23.2. The van der Waals surface area contributed by atoms with Gasteiger partial charge in [0.15, 0.2) is 0 Å². The van der Waals surface area contributed by atoms with Gasteiger partial charge in [-0.3, -0.25) is 10.1 Å². The largest absolute Gasteiger partial charge is 0.457 e. The molecule has 2 aromatic carbocycles. The van der Waals surface area contributed by atoms with E-state index in [1.807, 2.05) is 29.6 Å². The van der Waals surface area contributed by atoms with Crippen LogP contribution >= 0.6 is 38.9 Å². The van der Waals surface area contributed by atoms with Crippen molar-refractivity contribution < 1.29 is 9.34 Å². The van der Waals surface area contributed by atoms with Gasteiger partial charge in [0.25, 0.3) is 5.69 Å². The smallest absolute Gasteiger partial charge is 0.270 e. The van der Waals surface area contributed by atoms with Gasteiger partial charge in [-0.25, -0.2) is 4.98 Å². The zero-order valence-electron chi connectivity index (χ0n) is 15.6. The number of nitrogens with zero attached hydrogens (tertiary/aromatic N) is 3. The van der Waals surface area contributed by atoms with Crippen molar-refractivity contribution in [2.45, 2.75) is 0 Å². The number of furan rings is 1. The van der Waals surface area contributed by atoms with E-state index in [1.165, 1.54) is 29.5 Å². The van der Waals surface area contributed by atoms with E-state index in [9.17, 15) is 15.4 Å². The van der Waals surface area contributed by atoms with Gasteiger partial charge in [-0.15, -0.1) is 11.3 Å². The van der Waals surface area contributed by atoms with E-state index in [0.29, 0.717) is 27.7 Å². The molecule has 0 atom stereocenters. The maximum absolute atomic E-state index is 10.9. The number of rotatable bonds is 5. The Morgan fingerprint density at radius 1 is 1.23 bits per heavy atom. The summed E-state index contributed by atoms with van der Waals surface area (Å²) in [5.74, 6) is 0.888. The topological polar surface area (TPSA) is 93.0 Å². The van der Waals surface area contributed by atoms with Crippen LogP contribution in [0, 0.1) is 21.4 Å². The number of thiazole rings is 1. The lowest BCUT2D eigenvalue weighted by Crippen LogP contribution is -1.88. The molecule has 152 valence electrons. The van der Waals surface area contributed by atoms with Crippen LogP contribution in [0.25, 0.3) is 34.2 Å². The fraction of sp³-hybridized carbons (Fsp3) is 0. The van der Waals surface area contributed by atoms with Crippen molar-refractivity contribution in [1.29, 1.82) is 5.26 Å². The van der Waals surface area contributed by atoms with E-state index in [2.05, 4.69) is 27.0 Å². The molecule has 6 nitrogen and oxygen atoms in total. The molecule has 0 amide bonds. The number of hydrogen-bond donors (Lipinski definition) is 0. The lowest BCUT2D eigenvalue weighted by molar-refractivity contribution is -0.384. The summed E-state index contributed by atoms with van der Waals surface area (Å²) < 4.78 is 6.78.